The Bertz CT molecular complexity index is 1430. The average Bonchev–Trinajstić information content (AvgIpc) is 2.87. The molecule has 0 saturated heterocycles. The summed E-state index contributed by atoms with van der Waals surface area (Å²) in [6.07, 6.45) is 0. The van der Waals surface area contributed by atoms with Crippen LogP contribution in [0.5, 0.6) is 0 Å². The van der Waals surface area contributed by atoms with Gasteiger partial charge in [0.1, 0.15) is 12.6 Å². The van der Waals surface area contributed by atoms with Gasteiger partial charge in [-0.1, -0.05) is 58.6 Å². The van der Waals surface area contributed by atoms with E-state index in [0.717, 1.165) is 9.87 Å². The summed E-state index contributed by atoms with van der Waals surface area (Å²) in [6, 6.07) is 16.3. The second-order valence-electron chi connectivity index (χ2n) is 9.41. The van der Waals surface area contributed by atoms with Crippen LogP contribution in [0.4, 0.5) is 5.69 Å². The molecule has 0 aromatic heterocycles. The maximum Gasteiger partial charge on any atom is 0.264 e. The number of nitrogens with one attached hydrogen (secondary N) is 1. The summed E-state index contributed by atoms with van der Waals surface area (Å²) in [5.41, 5.74) is 1.86. The molecule has 0 radical (unpaired) electrons. The number of carbonyl (C=O) groups is 2. The fraction of sp³-hybridized carbons (Fsp3) is 0.286. The van der Waals surface area contributed by atoms with Crippen LogP contribution in [0.2, 0.25) is 15.1 Å². The van der Waals surface area contributed by atoms with E-state index >= 15 is 0 Å². The number of carbonyl (C=O) groups excluding carboxylic acids is 2. The van der Waals surface area contributed by atoms with E-state index < -0.39 is 28.5 Å². The molecule has 0 aliphatic heterocycles. The zero-order valence-corrected chi connectivity index (χ0v) is 25.1. The molecular formula is C28H30Cl3N3O4S. The summed E-state index contributed by atoms with van der Waals surface area (Å²) in [5, 5.41) is 3.84. The van der Waals surface area contributed by atoms with Crippen molar-refractivity contribution in [2.24, 2.45) is 0 Å². The number of benzene rings is 3. The Balaban J connectivity index is 2.04. The van der Waals surface area contributed by atoms with E-state index in [1.807, 2.05) is 20.8 Å². The van der Waals surface area contributed by atoms with Crippen LogP contribution >= 0.6 is 34.8 Å². The molecule has 39 heavy (non-hydrogen) atoms. The highest BCUT2D eigenvalue weighted by molar-refractivity contribution is 7.92. The van der Waals surface area contributed by atoms with Crippen LogP contribution in [0.15, 0.2) is 71.6 Å². The highest BCUT2D eigenvalue weighted by Crippen LogP contribution is 2.27. The molecule has 2 amide bonds. The molecule has 1 atom stereocenters. The molecule has 0 aliphatic carbocycles. The Labute approximate surface area is 244 Å². The number of sulfonamides is 1. The first kappa shape index (κ1) is 30.8. The summed E-state index contributed by atoms with van der Waals surface area (Å²) in [5.74, 6) is -0.952. The third kappa shape index (κ3) is 7.88. The minimum atomic E-state index is -4.17. The van der Waals surface area contributed by atoms with Gasteiger partial charge in [0.25, 0.3) is 10.0 Å². The van der Waals surface area contributed by atoms with Crippen molar-refractivity contribution in [2.75, 3.05) is 10.8 Å². The van der Waals surface area contributed by atoms with Crippen molar-refractivity contribution in [3.63, 3.8) is 0 Å². The molecule has 3 aromatic rings. The maximum absolute atomic E-state index is 13.9. The summed E-state index contributed by atoms with van der Waals surface area (Å²) >= 11 is 18.2. The molecule has 3 rings (SSSR count). The fourth-order valence-electron chi connectivity index (χ4n) is 3.80. The molecule has 3 aromatic carbocycles. The molecule has 11 heteroatoms. The molecule has 0 aliphatic rings. The number of halogens is 3. The highest BCUT2D eigenvalue weighted by atomic mass is 35.5. The third-order valence-corrected chi connectivity index (χ3v) is 8.72. The molecule has 208 valence electrons. The van der Waals surface area contributed by atoms with Gasteiger partial charge in [-0.15, -0.1) is 0 Å². The normalized spacial score (nSPS) is 12.2. The van der Waals surface area contributed by atoms with Crippen molar-refractivity contribution in [1.82, 2.24) is 10.2 Å². The molecule has 0 fully saturated rings. The van der Waals surface area contributed by atoms with Crippen molar-refractivity contribution in [1.29, 1.82) is 0 Å². The predicted octanol–water partition coefficient (Wildman–Crippen LogP) is 6.09. The van der Waals surface area contributed by atoms with Gasteiger partial charge in [0.15, 0.2) is 0 Å². The number of hydrogen-bond donors (Lipinski definition) is 1. The minimum absolute atomic E-state index is 0.00509. The lowest BCUT2D eigenvalue weighted by Crippen LogP contribution is -2.52. The van der Waals surface area contributed by atoms with Gasteiger partial charge in [-0.2, -0.15) is 0 Å². The van der Waals surface area contributed by atoms with Crippen LogP contribution in [0, 0.1) is 6.92 Å². The smallest absolute Gasteiger partial charge is 0.264 e. The Morgan fingerprint density at radius 2 is 1.49 bits per heavy atom. The second-order valence-corrected chi connectivity index (χ2v) is 12.5. The van der Waals surface area contributed by atoms with Crippen LogP contribution in [0.3, 0.4) is 0 Å². The minimum Gasteiger partial charge on any atom is -0.352 e. The number of nitrogens with zero attached hydrogens (tertiary/aromatic N) is 2. The Morgan fingerprint density at radius 1 is 0.872 bits per heavy atom. The van der Waals surface area contributed by atoms with Crippen LogP contribution in [-0.2, 0) is 26.2 Å². The van der Waals surface area contributed by atoms with Gasteiger partial charge in [0.05, 0.1) is 20.6 Å². The number of amides is 2. The Kier molecular flexibility index (Phi) is 10.3. The van der Waals surface area contributed by atoms with Crippen molar-refractivity contribution in [3.05, 3.63) is 92.9 Å². The van der Waals surface area contributed by atoms with E-state index in [2.05, 4.69) is 5.32 Å². The third-order valence-electron chi connectivity index (χ3n) is 5.94. The fourth-order valence-corrected chi connectivity index (χ4v) is 5.66. The summed E-state index contributed by atoms with van der Waals surface area (Å²) in [7, 11) is -4.17. The van der Waals surface area contributed by atoms with Gasteiger partial charge in [0.2, 0.25) is 11.8 Å². The lowest BCUT2D eigenvalue weighted by Gasteiger charge is -2.32. The molecule has 0 heterocycles. The lowest BCUT2D eigenvalue weighted by molar-refractivity contribution is -0.139. The van der Waals surface area contributed by atoms with E-state index in [1.54, 1.807) is 49.4 Å². The van der Waals surface area contributed by atoms with Crippen molar-refractivity contribution in [2.45, 2.75) is 51.2 Å². The van der Waals surface area contributed by atoms with Crippen molar-refractivity contribution < 1.29 is 18.0 Å². The Morgan fingerprint density at radius 3 is 2.05 bits per heavy atom. The van der Waals surface area contributed by atoms with Crippen molar-refractivity contribution >= 4 is 62.3 Å². The molecule has 0 saturated carbocycles. The number of hydrogen-bond acceptors (Lipinski definition) is 4. The van der Waals surface area contributed by atoms with Gasteiger partial charge < -0.3 is 10.2 Å². The molecule has 0 spiro atoms. The Hall–Kier alpha value is -2.78. The van der Waals surface area contributed by atoms with Gasteiger partial charge in [-0.25, -0.2) is 8.42 Å². The lowest BCUT2D eigenvalue weighted by atomic mass is 10.1. The number of anilines is 1. The topological polar surface area (TPSA) is 86.8 Å². The van der Waals surface area contributed by atoms with Crippen LogP contribution in [-0.4, -0.2) is 43.8 Å². The van der Waals surface area contributed by atoms with Gasteiger partial charge in [-0.05, 0) is 81.8 Å². The highest BCUT2D eigenvalue weighted by Gasteiger charge is 2.32. The van der Waals surface area contributed by atoms with Crippen LogP contribution in [0.1, 0.15) is 31.9 Å². The van der Waals surface area contributed by atoms with Crippen molar-refractivity contribution in [3.8, 4) is 0 Å². The molecule has 1 unspecified atom stereocenters. The zero-order valence-electron chi connectivity index (χ0n) is 22.0. The summed E-state index contributed by atoms with van der Waals surface area (Å²) in [4.78, 5) is 28.1. The van der Waals surface area contributed by atoms with E-state index in [1.165, 1.54) is 29.2 Å². The van der Waals surface area contributed by atoms with Gasteiger partial charge >= 0.3 is 0 Å². The average molecular weight is 611 g/mol. The van der Waals surface area contributed by atoms with Gasteiger partial charge in [0, 0.05) is 17.6 Å². The number of rotatable bonds is 10. The molecular weight excluding hydrogens is 581 g/mol. The quantitative estimate of drug-likeness (QED) is 0.301. The first-order valence-corrected chi connectivity index (χ1v) is 14.8. The first-order chi connectivity index (χ1) is 18.3. The second kappa shape index (κ2) is 13.0. The number of aryl methyl sites for hydroxylation is 1. The SMILES string of the molecule is Cc1ccc(N(CC(=O)N(Cc2ccc(Cl)c(Cl)c2)C(C)C(=O)NC(C)C)S(=O)(=O)c2ccc(Cl)cc2)cc1. The van der Waals surface area contributed by atoms with E-state index in [4.69, 9.17) is 34.8 Å². The molecule has 0 bridgehead atoms. The molecule has 7 nitrogen and oxygen atoms in total. The zero-order chi connectivity index (χ0) is 28.9. The van der Waals surface area contributed by atoms with E-state index in [9.17, 15) is 18.0 Å². The first-order valence-electron chi connectivity index (χ1n) is 12.2. The van der Waals surface area contributed by atoms with Gasteiger partial charge in [-0.3, -0.25) is 13.9 Å². The summed E-state index contributed by atoms with van der Waals surface area (Å²) in [6.45, 7) is 6.55. The molecule has 1 N–H and O–H groups in total. The monoisotopic (exact) mass is 609 g/mol. The van der Waals surface area contributed by atoms with E-state index in [-0.39, 0.29) is 23.4 Å². The van der Waals surface area contributed by atoms with Crippen LogP contribution in [0.25, 0.3) is 0 Å². The van der Waals surface area contributed by atoms with Crippen LogP contribution < -0.4 is 9.62 Å². The standard InChI is InChI=1S/C28H30Cl3N3O4S/c1-18(2)32-28(36)20(4)33(16-21-7-14-25(30)26(31)15-21)27(35)17-34(23-10-5-19(3)6-11-23)39(37,38)24-12-8-22(29)9-13-24/h5-15,18,20H,16-17H2,1-4H3,(H,32,36). The largest absolute Gasteiger partial charge is 0.352 e. The maximum atomic E-state index is 13.9. The van der Waals surface area contributed by atoms with E-state index in [0.29, 0.717) is 26.3 Å². The summed E-state index contributed by atoms with van der Waals surface area (Å²) < 4.78 is 28.6. The predicted molar refractivity (Wildman–Crippen MR) is 157 cm³/mol.